The summed E-state index contributed by atoms with van der Waals surface area (Å²) in [6.07, 6.45) is 8.15. The van der Waals surface area contributed by atoms with Crippen LogP contribution in [-0.4, -0.2) is 17.0 Å². The minimum absolute atomic E-state index is 0.0396. The Morgan fingerprint density at radius 1 is 1.17 bits per heavy atom. The second-order valence-corrected chi connectivity index (χ2v) is 7.63. The third-order valence-electron chi connectivity index (χ3n) is 5.07. The number of rotatable bonds is 6. The first-order valence-electron chi connectivity index (χ1n) is 8.65. The lowest BCUT2D eigenvalue weighted by Crippen LogP contribution is -2.34. The highest BCUT2D eigenvalue weighted by Gasteiger charge is 2.37. The molecule has 0 aromatic carbocycles. The number of hydrogen-bond acceptors (Lipinski definition) is 3. The van der Waals surface area contributed by atoms with Crippen LogP contribution in [0.3, 0.4) is 0 Å². The number of aliphatic carboxylic acids is 1. The van der Waals surface area contributed by atoms with Crippen LogP contribution in [0, 0.1) is 5.41 Å². The molecule has 0 atom stereocenters. The average molecular weight is 337 g/mol. The number of amides is 1. The molecule has 1 aliphatic carbocycles. The van der Waals surface area contributed by atoms with Crippen molar-refractivity contribution in [1.82, 2.24) is 0 Å². The van der Waals surface area contributed by atoms with Crippen molar-refractivity contribution in [1.29, 1.82) is 0 Å². The molecule has 1 aliphatic rings. The minimum Gasteiger partial charge on any atom is -0.481 e. The van der Waals surface area contributed by atoms with E-state index in [0.717, 1.165) is 17.8 Å². The van der Waals surface area contributed by atoms with Crippen LogP contribution in [-0.2, 0) is 22.4 Å². The molecule has 0 fully saturated rings. The number of carbonyl (C=O) groups excluding carboxylic acids is 1. The van der Waals surface area contributed by atoms with Crippen LogP contribution in [0.2, 0.25) is 0 Å². The van der Waals surface area contributed by atoms with E-state index in [4.69, 9.17) is 0 Å². The molecule has 1 amide bonds. The minimum atomic E-state index is -0.948. The van der Waals surface area contributed by atoms with Crippen LogP contribution < -0.4 is 5.32 Å². The molecule has 0 saturated heterocycles. The van der Waals surface area contributed by atoms with Gasteiger partial charge in [0.15, 0.2) is 0 Å². The molecule has 5 heteroatoms. The summed E-state index contributed by atoms with van der Waals surface area (Å²) < 4.78 is 0. The number of carbonyl (C=O) groups is 2. The molecule has 128 valence electrons. The Hall–Kier alpha value is -1.36. The van der Waals surface area contributed by atoms with Gasteiger partial charge in [0.1, 0.15) is 0 Å². The molecule has 0 unspecified atom stereocenters. The Morgan fingerprint density at radius 3 is 2.43 bits per heavy atom. The monoisotopic (exact) mass is 337 g/mol. The van der Waals surface area contributed by atoms with Crippen LogP contribution in [0.5, 0.6) is 0 Å². The summed E-state index contributed by atoms with van der Waals surface area (Å²) in [4.78, 5) is 25.2. The highest BCUT2D eigenvalue weighted by molar-refractivity contribution is 7.16. The van der Waals surface area contributed by atoms with Crippen molar-refractivity contribution in [3.63, 3.8) is 0 Å². The second-order valence-electron chi connectivity index (χ2n) is 6.49. The molecule has 2 rings (SSSR count). The van der Waals surface area contributed by atoms with E-state index in [0.29, 0.717) is 12.8 Å². The molecule has 0 spiro atoms. The zero-order chi connectivity index (χ0) is 16.9. The van der Waals surface area contributed by atoms with Gasteiger partial charge in [0.2, 0.25) is 5.91 Å². The lowest BCUT2D eigenvalue weighted by molar-refractivity contribution is -0.151. The van der Waals surface area contributed by atoms with Crippen LogP contribution >= 0.6 is 11.3 Å². The van der Waals surface area contributed by atoms with E-state index < -0.39 is 11.4 Å². The number of thiophene rings is 1. The summed E-state index contributed by atoms with van der Waals surface area (Å²) in [5.74, 6) is -1.07. The third-order valence-corrected chi connectivity index (χ3v) is 6.22. The normalized spacial score (nSPS) is 15.4. The van der Waals surface area contributed by atoms with E-state index in [-0.39, 0.29) is 12.3 Å². The fourth-order valence-corrected chi connectivity index (χ4v) is 4.44. The van der Waals surface area contributed by atoms with Crippen molar-refractivity contribution in [2.24, 2.45) is 5.41 Å². The molecule has 0 saturated carbocycles. The van der Waals surface area contributed by atoms with Crippen LogP contribution in [0.25, 0.3) is 0 Å². The Labute approximate surface area is 142 Å². The van der Waals surface area contributed by atoms with Gasteiger partial charge >= 0.3 is 5.97 Å². The smallest absolute Gasteiger partial charge is 0.310 e. The van der Waals surface area contributed by atoms with Crippen LogP contribution in [0.15, 0.2) is 6.07 Å². The molecule has 0 bridgehead atoms. The lowest BCUT2D eigenvalue weighted by atomic mass is 9.79. The maximum Gasteiger partial charge on any atom is 0.310 e. The van der Waals surface area contributed by atoms with Gasteiger partial charge in [-0.05, 0) is 50.2 Å². The van der Waals surface area contributed by atoms with Crippen molar-refractivity contribution >= 4 is 28.2 Å². The SMILES string of the molecule is CCC(CC)(CC(=O)Nc1cc2c(s1)CCCCCC2)C(=O)O. The highest BCUT2D eigenvalue weighted by Crippen LogP contribution is 2.34. The molecule has 2 N–H and O–H groups in total. The maximum atomic E-state index is 12.3. The van der Waals surface area contributed by atoms with Crippen molar-refractivity contribution in [3.8, 4) is 0 Å². The van der Waals surface area contributed by atoms with Gasteiger partial charge in [-0.3, -0.25) is 9.59 Å². The van der Waals surface area contributed by atoms with Gasteiger partial charge in [-0.25, -0.2) is 0 Å². The standard InChI is InChI=1S/C18H27NO3S/c1-3-18(4-2,17(21)22)12-15(20)19-16-11-13-9-7-5-6-8-10-14(13)23-16/h11H,3-10,12H2,1-2H3,(H,19,20)(H,21,22). The summed E-state index contributed by atoms with van der Waals surface area (Å²) in [5.41, 5.74) is 0.413. The Kier molecular flexibility index (Phi) is 6.22. The summed E-state index contributed by atoms with van der Waals surface area (Å²) in [7, 11) is 0. The van der Waals surface area contributed by atoms with E-state index in [9.17, 15) is 14.7 Å². The summed E-state index contributed by atoms with van der Waals surface area (Å²) in [5, 5.41) is 13.3. The number of nitrogens with one attached hydrogen (secondary N) is 1. The predicted octanol–water partition coefficient (Wildman–Crippen LogP) is 4.63. The predicted molar refractivity (Wildman–Crippen MR) is 94.1 cm³/mol. The van der Waals surface area contributed by atoms with Gasteiger partial charge in [-0.1, -0.05) is 26.7 Å². The number of anilines is 1. The first-order chi connectivity index (χ1) is 11.0. The number of fused-ring (bicyclic) bond motifs is 1. The summed E-state index contributed by atoms with van der Waals surface area (Å²) in [6.45, 7) is 3.67. The van der Waals surface area contributed by atoms with Crippen molar-refractivity contribution in [3.05, 3.63) is 16.5 Å². The van der Waals surface area contributed by atoms with Gasteiger partial charge in [-0.2, -0.15) is 0 Å². The average Bonchev–Trinajstić information content (AvgIpc) is 2.85. The molecule has 1 heterocycles. The van der Waals surface area contributed by atoms with Gasteiger partial charge in [0, 0.05) is 11.3 Å². The molecule has 23 heavy (non-hydrogen) atoms. The van der Waals surface area contributed by atoms with Gasteiger partial charge in [0.05, 0.1) is 10.4 Å². The zero-order valence-electron chi connectivity index (χ0n) is 14.1. The lowest BCUT2D eigenvalue weighted by Gasteiger charge is -2.25. The second kappa shape index (κ2) is 7.95. The van der Waals surface area contributed by atoms with Crippen molar-refractivity contribution in [2.75, 3.05) is 5.32 Å². The third kappa shape index (κ3) is 4.34. The van der Waals surface area contributed by atoms with Crippen LogP contribution in [0.1, 0.15) is 69.2 Å². The molecular weight excluding hydrogens is 310 g/mol. The van der Waals surface area contributed by atoms with Gasteiger partial charge in [-0.15, -0.1) is 11.3 Å². The molecule has 0 radical (unpaired) electrons. The Bertz CT molecular complexity index is 535. The zero-order valence-corrected chi connectivity index (χ0v) is 14.9. The number of hydrogen-bond donors (Lipinski definition) is 2. The van der Waals surface area contributed by atoms with E-state index in [1.165, 1.54) is 36.1 Å². The number of carboxylic acids is 1. The molecule has 4 nitrogen and oxygen atoms in total. The van der Waals surface area contributed by atoms with Crippen LogP contribution in [0.4, 0.5) is 5.00 Å². The van der Waals surface area contributed by atoms with Crippen molar-refractivity contribution < 1.29 is 14.7 Å². The Morgan fingerprint density at radius 2 is 1.83 bits per heavy atom. The molecule has 1 aromatic heterocycles. The summed E-state index contributed by atoms with van der Waals surface area (Å²) >= 11 is 1.66. The van der Waals surface area contributed by atoms with Crippen molar-refractivity contribution in [2.45, 2.75) is 71.6 Å². The molecule has 1 aromatic rings. The Balaban J connectivity index is 2.05. The maximum absolute atomic E-state index is 12.3. The fraction of sp³-hybridized carbons (Fsp3) is 0.667. The number of aryl methyl sites for hydroxylation is 2. The van der Waals surface area contributed by atoms with E-state index >= 15 is 0 Å². The van der Waals surface area contributed by atoms with E-state index in [1.807, 2.05) is 13.8 Å². The number of carboxylic acid groups (broad SMARTS) is 1. The van der Waals surface area contributed by atoms with E-state index in [2.05, 4.69) is 11.4 Å². The van der Waals surface area contributed by atoms with Gasteiger partial charge in [0.25, 0.3) is 0 Å². The fourth-order valence-electron chi connectivity index (χ4n) is 3.27. The summed E-state index contributed by atoms with van der Waals surface area (Å²) in [6, 6.07) is 2.09. The first-order valence-corrected chi connectivity index (χ1v) is 9.47. The quantitative estimate of drug-likeness (QED) is 0.795. The molecular formula is C18H27NO3S. The first kappa shape index (κ1) is 18.0. The topological polar surface area (TPSA) is 66.4 Å². The molecule has 0 aliphatic heterocycles. The largest absolute Gasteiger partial charge is 0.481 e. The van der Waals surface area contributed by atoms with Gasteiger partial charge < -0.3 is 10.4 Å². The van der Waals surface area contributed by atoms with E-state index in [1.54, 1.807) is 11.3 Å². The highest BCUT2D eigenvalue weighted by atomic mass is 32.1.